The molecule has 0 saturated carbocycles. The summed E-state index contributed by atoms with van der Waals surface area (Å²) in [7, 11) is 0. The van der Waals surface area contributed by atoms with Crippen molar-refractivity contribution < 1.29 is 9.72 Å². The Morgan fingerprint density at radius 1 is 1.29 bits per heavy atom. The highest BCUT2D eigenvalue weighted by molar-refractivity contribution is 9.10. The highest BCUT2D eigenvalue weighted by Gasteiger charge is 2.15. The molecule has 12 nitrogen and oxygen atoms in total. The zero-order chi connectivity index (χ0) is 20.3. The number of nitrogens with zero attached hydrogens (tertiary/aromatic N) is 8. The van der Waals surface area contributed by atoms with Crippen molar-refractivity contribution in [1.82, 2.24) is 39.6 Å². The second-order valence-electron chi connectivity index (χ2n) is 6.04. The van der Waals surface area contributed by atoms with E-state index in [4.69, 9.17) is 0 Å². The average molecular weight is 452 g/mol. The van der Waals surface area contributed by atoms with Gasteiger partial charge in [0.2, 0.25) is 6.33 Å². The smallest absolute Gasteiger partial charge is 0.390 e. The Bertz CT molecular complexity index is 1010. The van der Waals surface area contributed by atoms with E-state index in [9.17, 15) is 14.9 Å². The van der Waals surface area contributed by atoms with Crippen LogP contribution in [0, 0.1) is 24.0 Å². The lowest BCUT2D eigenvalue weighted by Crippen LogP contribution is -2.26. The Labute approximate surface area is 167 Å². The molecule has 0 aromatic carbocycles. The number of amides is 1. The summed E-state index contributed by atoms with van der Waals surface area (Å²) in [4.78, 5) is 25.7. The van der Waals surface area contributed by atoms with Gasteiger partial charge < -0.3 is 15.4 Å². The average Bonchev–Trinajstić information content (AvgIpc) is 3.37. The molecule has 0 spiro atoms. The lowest BCUT2D eigenvalue weighted by Gasteiger charge is -2.05. The maximum absolute atomic E-state index is 12.2. The van der Waals surface area contributed by atoms with Gasteiger partial charge in [0, 0.05) is 30.1 Å². The number of rotatable bonds is 8. The topological polar surface area (TPSA) is 139 Å². The van der Waals surface area contributed by atoms with Crippen molar-refractivity contribution in [3.63, 3.8) is 0 Å². The van der Waals surface area contributed by atoms with Gasteiger partial charge in [0.1, 0.15) is 5.69 Å². The van der Waals surface area contributed by atoms with Crippen LogP contribution in [0.5, 0.6) is 0 Å². The van der Waals surface area contributed by atoms with Crippen molar-refractivity contribution in [2.45, 2.75) is 33.5 Å². The SMILES string of the molecule is Cc1nn(CCCNC(=O)c2ccn(Cn3cnc([N+](=O)[O-])n3)n2)c(C)c1Br. The van der Waals surface area contributed by atoms with E-state index in [-0.39, 0.29) is 18.3 Å². The van der Waals surface area contributed by atoms with Crippen molar-refractivity contribution in [3.05, 3.63) is 50.3 Å². The molecule has 0 unspecified atom stereocenters. The molecule has 1 amide bonds. The van der Waals surface area contributed by atoms with E-state index in [1.807, 2.05) is 18.5 Å². The first-order valence-corrected chi connectivity index (χ1v) is 9.19. The van der Waals surface area contributed by atoms with Gasteiger partial charge in [0.05, 0.1) is 10.2 Å². The van der Waals surface area contributed by atoms with Crippen molar-refractivity contribution in [3.8, 4) is 0 Å². The number of hydrogen-bond acceptors (Lipinski definition) is 7. The predicted octanol–water partition coefficient (Wildman–Crippen LogP) is 1.28. The van der Waals surface area contributed by atoms with Crippen molar-refractivity contribution in [1.29, 1.82) is 0 Å². The van der Waals surface area contributed by atoms with Gasteiger partial charge in [-0.3, -0.25) is 9.48 Å². The zero-order valence-corrected chi connectivity index (χ0v) is 16.8. The van der Waals surface area contributed by atoms with Gasteiger partial charge in [-0.05, 0) is 47.2 Å². The second-order valence-corrected chi connectivity index (χ2v) is 6.83. The van der Waals surface area contributed by atoms with Crippen LogP contribution in [0.3, 0.4) is 0 Å². The fourth-order valence-corrected chi connectivity index (χ4v) is 2.84. The van der Waals surface area contributed by atoms with Crippen LogP contribution in [0.4, 0.5) is 5.95 Å². The maximum atomic E-state index is 12.2. The molecule has 0 saturated heterocycles. The fourth-order valence-electron chi connectivity index (χ4n) is 2.56. The van der Waals surface area contributed by atoms with Crippen LogP contribution in [0.2, 0.25) is 0 Å². The van der Waals surface area contributed by atoms with Crippen molar-refractivity contribution in [2.75, 3.05) is 6.54 Å². The van der Waals surface area contributed by atoms with Crippen molar-refractivity contribution in [2.24, 2.45) is 0 Å². The van der Waals surface area contributed by atoms with Crippen LogP contribution >= 0.6 is 15.9 Å². The molecule has 0 aliphatic rings. The van der Waals surface area contributed by atoms with Gasteiger partial charge in [-0.25, -0.2) is 4.68 Å². The van der Waals surface area contributed by atoms with E-state index in [0.717, 1.165) is 22.3 Å². The summed E-state index contributed by atoms with van der Waals surface area (Å²) in [5.74, 6) is -0.780. The van der Waals surface area contributed by atoms with Gasteiger partial charge >= 0.3 is 5.95 Å². The van der Waals surface area contributed by atoms with Crippen LogP contribution in [-0.4, -0.2) is 51.7 Å². The quantitative estimate of drug-likeness (QED) is 0.309. The molecule has 0 fully saturated rings. The van der Waals surface area contributed by atoms with Gasteiger partial charge in [0.15, 0.2) is 6.67 Å². The lowest BCUT2D eigenvalue weighted by atomic mass is 10.3. The lowest BCUT2D eigenvalue weighted by molar-refractivity contribution is -0.394. The van der Waals surface area contributed by atoms with Gasteiger partial charge in [-0.15, -0.1) is 0 Å². The van der Waals surface area contributed by atoms with E-state index in [1.165, 1.54) is 15.7 Å². The van der Waals surface area contributed by atoms with Crippen LogP contribution in [0.25, 0.3) is 0 Å². The third kappa shape index (κ3) is 4.42. The monoisotopic (exact) mass is 451 g/mol. The molecule has 13 heteroatoms. The first-order valence-electron chi connectivity index (χ1n) is 8.40. The van der Waals surface area contributed by atoms with Gasteiger partial charge in [0.25, 0.3) is 5.91 Å². The molecule has 3 rings (SSSR count). The number of nitro groups is 1. The number of carbonyl (C=O) groups excluding carboxylic acids is 1. The number of aromatic nitrogens is 7. The zero-order valence-electron chi connectivity index (χ0n) is 15.2. The summed E-state index contributed by atoms with van der Waals surface area (Å²) in [5, 5.41) is 25.7. The Morgan fingerprint density at radius 3 is 2.71 bits per heavy atom. The Balaban J connectivity index is 1.48. The normalized spacial score (nSPS) is 11.0. The Kier molecular flexibility index (Phi) is 5.82. The first-order chi connectivity index (χ1) is 13.3. The van der Waals surface area contributed by atoms with Crippen LogP contribution in [0.15, 0.2) is 23.1 Å². The highest BCUT2D eigenvalue weighted by atomic mass is 79.9. The number of aryl methyl sites for hydroxylation is 2. The molecule has 0 aliphatic carbocycles. The number of carbonyl (C=O) groups is 1. The van der Waals surface area contributed by atoms with Crippen molar-refractivity contribution >= 4 is 27.8 Å². The minimum atomic E-state index is -0.677. The molecule has 28 heavy (non-hydrogen) atoms. The summed E-state index contributed by atoms with van der Waals surface area (Å²) in [6, 6.07) is 1.57. The summed E-state index contributed by atoms with van der Waals surface area (Å²) in [6.45, 7) is 5.21. The molecule has 1 N–H and O–H groups in total. The largest absolute Gasteiger partial charge is 0.491 e. The highest BCUT2D eigenvalue weighted by Crippen LogP contribution is 2.19. The third-order valence-corrected chi connectivity index (χ3v) is 5.12. The number of hydrogen-bond donors (Lipinski definition) is 1. The summed E-state index contributed by atoms with van der Waals surface area (Å²) in [6.07, 6.45) is 3.55. The second kappa shape index (κ2) is 8.29. The minimum absolute atomic E-state index is 0.112. The minimum Gasteiger partial charge on any atom is -0.390 e. The molecule has 0 aliphatic heterocycles. The molecule has 3 aromatic rings. The number of halogens is 1. The molecule has 0 bridgehead atoms. The van der Waals surface area contributed by atoms with Crippen LogP contribution < -0.4 is 5.32 Å². The molecule has 3 heterocycles. The van der Waals surface area contributed by atoms with Crippen LogP contribution in [0.1, 0.15) is 28.3 Å². The standard InChI is InChI=1S/C15H18BrN9O3/c1-10-13(16)11(2)24(19-10)6-3-5-17-14(26)12-4-7-22(20-12)9-23-8-18-15(21-23)25(27)28/h4,7-8H,3,5-6,9H2,1-2H3,(H,17,26). The Morgan fingerprint density at radius 2 is 2.07 bits per heavy atom. The fraction of sp³-hybridized carbons (Fsp3) is 0.400. The summed E-state index contributed by atoms with van der Waals surface area (Å²) < 4.78 is 5.61. The molecule has 0 atom stereocenters. The molecule has 0 radical (unpaired) electrons. The first kappa shape index (κ1) is 19.7. The Hall–Kier alpha value is -3.09. The molecular formula is C15H18BrN9O3. The molecular weight excluding hydrogens is 434 g/mol. The number of nitrogens with one attached hydrogen (secondary N) is 1. The maximum Gasteiger partial charge on any atom is 0.491 e. The summed E-state index contributed by atoms with van der Waals surface area (Å²) in [5.41, 5.74) is 2.24. The van der Waals surface area contributed by atoms with E-state index in [1.54, 1.807) is 12.3 Å². The van der Waals surface area contributed by atoms with E-state index >= 15 is 0 Å². The predicted molar refractivity (Wildman–Crippen MR) is 101 cm³/mol. The van der Waals surface area contributed by atoms with Crippen LogP contribution in [-0.2, 0) is 13.2 Å². The van der Waals surface area contributed by atoms with Gasteiger partial charge in [-0.2, -0.15) is 14.9 Å². The summed E-state index contributed by atoms with van der Waals surface area (Å²) >= 11 is 3.49. The third-order valence-electron chi connectivity index (χ3n) is 3.98. The van der Waals surface area contributed by atoms with E-state index < -0.39 is 10.9 Å². The van der Waals surface area contributed by atoms with Gasteiger partial charge in [-0.1, -0.05) is 4.98 Å². The molecule has 148 valence electrons. The van der Waals surface area contributed by atoms with E-state index in [0.29, 0.717) is 13.1 Å². The molecule has 3 aromatic heterocycles. The van der Waals surface area contributed by atoms with E-state index in [2.05, 4.69) is 41.5 Å².